The number of carbonyl (C=O) groups excluding carboxylic acids is 1. The number of ether oxygens (including phenoxy) is 2. The second-order valence-electron chi connectivity index (χ2n) is 2.72. The lowest BCUT2D eigenvalue weighted by molar-refractivity contribution is 0.0595. The van der Waals surface area contributed by atoms with E-state index in [9.17, 15) is 9.18 Å². The SMILES string of the molecule is CCOc1cc(F)c(O)cc1C(=O)OC. The minimum absolute atomic E-state index is 0.00162. The molecule has 0 aromatic heterocycles. The molecule has 0 unspecified atom stereocenters. The molecular formula is C10H11FO4. The predicted octanol–water partition coefficient (Wildman–Crippen LogP) is 1.72. The van der Waals surface area contributed by atoms with Crippen LogP contribution in [0.5, 0.6) is 11.5 Å². The van der Waals surface area contributed by atoms with Crippen LogP contribution in [0.25, 0.3) is 0 Å². The average molecular weight is 214 g/mol. The molecule has 0 aliphatic heterocycles. The largest absolute Gasteiger partial charge is 0.505 e. The molecule has 0 atom stereocenters. The van der Waals surface area contributed by atoms with E-state index < -0.39 is 17.5 Å². The second-order valence-corrected chi connectivity index (χ2v) is 2.72. The zero-order valence-corrected chi connectivity index (χ0v) is 8.41. The third-order valence-corrected chi connectivity index (χ3v) is 1.75. The van der Waals surface area contributed by atoms with Crippen LogP contribution in [0.3, 0.4) is 0 Å². The normalized spacial score (nSPS) is 9.80. The number of phenolic OH excluding ortho intramolecular Hbond substituents is 1. The van der Waals surface area contributed by atoms with E-state index in [0.717, 1.165) is 12.1 Å². The van der Waals surface area contributed by atoms with E-state index in [1.54, 1.807) is 6.92 Å². The summed E-state index contributed by atoms with van der Waals surface area (Å²) in [6, 6.07) is 1.93. The van der Waals surface area contributed by atoms with Crippen LogP contribution in [0.4, 0.5) is 4.39 Å². The molecule has 0 aliphatic carbocycles. The Morgan fingerprint density at radius 2 is 2.20 bits per heavy atom. The number of aromatic hydroxyl groups is 1. The maximum atomic E-state index is 13.0. The Labute approximate surface area is 86.2 Å². The summed E-state index contributed by atoms with van der Waals surface area (Å²) in [5, 5.41) is 9.10. The average Bonchev–Trinajstić information content (AvgIpc) is 2.22. The van der Waals surface area contributed by atoms with Gasteiger partial charge in [-0.05, 0) is 6.92 Å². The molecule has 1 aromatic rings. The van der Waals surface area contributed by atoms with Crippen molar-refractivity contribution in [3.63, 3.8) is 0 Å². The first-order valence-corrected chi connectivity index (χ1v) is 4.33. The molecule has 1 N–H and O–H groups in total. The number of esters is 1. The molecule has 0 fully saturated rings. The molecule has 0 aliphatic rings. The number of rotatable bonds is 3. The molecule has 4 nitrogen and oxygen atoms in total. The van der Waals surface area contributed by atoms with Gasteiger partial charge >= 0.3 is 5.97 Å². The Hall–Kier alpha value is -1.78. The van der Waals surface area contributed by atoms with Gasteiger partial charge in [0.25, 0.3) is 0 Å². The molecule has 0 saturated carbocycles. The number of hydrogen-bond donors (Lipinski definition) is 1. The molecule has 0 spiro atoms. The van der Waals surface area contributed by atoms with E-state index in [2.05, 4.69) is 4.74 Å². The molecule has 0 amide bonds. The first-order valence-electron chi connectivity index (χ1n) is 4.33. The molecular weight excluding hydrogens is 203 g/mol. The van der Waals surface area contributed by atoms with E-state index >= 15 is 0 Å². The maximum Gasteiger partial charge on any atom is 0.341 e. The summed E-state index contributed by atoms with van der Waals surface area (Å²) in [6.07, 6.45) is 0. The van der Waals surface area contributed by atoms with Crippen molar-refractivity contribution in [2.75, 3.05) is 13.7 Å². The van der Waals surface area contributed by atoms with E-state index in [1.165, 1.54) is 7.11 Å². The molecule has 1 rings (SSSR count). The molecule has 0 bridgehead atoms. The first kappa shape index (κ1) is 11.3. The Bertz CT molecular complexity index is 376. The number of benzene rings is 1. The van der Waals surface area contributed by atoms with Crippen LogP contribution in [0.15, 0.2) is 12.1 Å². The van der Waals surface area contributed by atoms with E-state index in [1.807, 2.05) is 0 Å². The molecule has 15 heavy (non-hydrogen) atoms. The highest BCUT2D eigenvalue weighted by molar-refractivity contribution is 5.92. The fraction of sp³-hybridized carbons (Fsp3) is 0.300. The van der Waals surface area contributed by atoms with Crippen molar-refractivity contribution in [1.82, 2.24) is 0 Å². The third kappa shape index (κ3) is 2.37. The summed E-state index contributed by atoms with van der Waals surface area (Å²) >= 11 is 0. The summed E-state index contributed by atoms with van der Waals surface area (Å²) in [4.78, 5) is 11.2. The lowest BCUT2D eigenvalue weighted by atomic mass is 10.2. The van der Waals surface area contributed by atoms with Crippen LogP contribution in [-0.4, -0.2) is 24.8 Å². The van der Waals surface area contributed by atoms with E-state index in [-0.39, 0.29) is 17.9 Å². The number of methoxy groups -OCH3 is 1. The van der Waals surface area contributed by atoms with Crippen LogP contribution in [0.1, 0.15) is 17.3 Å². The van der Waals surface area contributed by atoms with Gasteiger partial charge in [-0.2, -0.15) is 0 Å². The van der Waals surface area contributed by atoms with Gasteiger partial charge in [-0.15, -0.1) is 0 Å². The quantitative estimate of drug-likeness (QED) is 0.778. The minimum Gasteiger partial charge on any atom is -0.505 e. The van der Waals surface area contributed by atoms with Gasteiger partial charge in [0.05, 0.1) is 13.7 Å². The minimum atomic E-state index is -0.842. The van der Waals surface area contributed by atoms with Crippen molar-refractivity contribution in [2.24, 2.45) is 0 Å². The summed E-state index contributed by atoms with van der Waals surface area (Å²) in [5.41, 5.74) is -0.00162. The smallest absolute Gasteiger partial charge is 0.341 e. The highest BCUT2D eigenvalue weighted by atomic mass is 19.1. The number of phenols is 1. The summed E-state index contributed by atoms with van der Waals surface area (Å²) in [5.74, 6) is -2.08. The topological polar surface area (TPSA) is 55.8 Å². The van der Waals surface area contributed by atoms with Gasteiger partial charge in [0.2, 0.25) is 0 Å². The van der Waals surface area contributed by atoms with Gasteiger partial charge in [-0.3, -0.25) is 0 Å². The Morgan fingerprint density at radius 3 is 2.73 bits per heavy atom. The fourth-order valence-electron chi connectivity index (χ4n) is 1.09. The summed E-state index contributed by atoms with van der Waals surface area (Å²) < 4.78 is 22.5. The lowest BCUT2D eigenvalue weighted by Crippen LogP contribution is -2.06. The monoisotopic (exact) mass is 214 g/mol. The predicted molar refractivity (Wildman–Crippen MR) is 50.6 cm³/mol. The van der Waals surface area contributed by atoms with Crippen LogP contribution in [0.2, 0.25) is 0 Å². The van der Waals surface area contributed by atoms with Gasteiger partial charge in [0.1, 0.15) is 11.3 Å². The number of hydrogen-bond acceptors (Lipinski definition) is 4. The Kier molecular flexibility index (Phi) is 3.49. The van der Waals surface area contributed by atoms with Crippen molar-refractivity contribution in [2.45, 2.75) is 6.92 Å². The Morgan fingerprint density at radius 1 is 1.53 bits per heavy atom. The lowest BCUT2D eigenvalue weighted by Gasteiger charge is -2.09. The molecule has 0 heterocycles. The first-order chi connectivity index (χ1) is 7.10. The Balaban J connectivity index is 3.21. The molecule has 1 aromatic carbocycles. The van der Waals surface area contributed by atoms with Gasteiger partial charge < -0.3 is 14.6 Å². The van der Waals surface area contributed by atoms with Crippen molar-refractivity contribution in [3.05, 3.63) is 23.5 Å². The van der Waals surface area contributed by atoms with E-state index in [0.29, 0.717) is 0 Å². The van der Waals surface area contributed by atoms with Crippen molar-refractivity contribution in [1.29, 1.82) is 0 Å². The highest BCUT2D eigenvalue weighted by Crippen LogP contribution is 2.27. The maximum absolute atomic E-state index is 13.0. The number of halogens is 1. The summed E-state index contributed by atoms with van der Waals surface area (Å²) in [6.45, 7) is 1.99. The van der Waals surface area contributed by atoms with Crippen molar-refractivity contribution >= 4 is 5.97 Å². The van der Waals surface area contributed by atoms with Gasteiger partial charge in [0, 0.05) is 12.1 Å². The van der Waals surface area contributed by atoms with Gasteiger partial charge in [-0.1, -0.05) is 0 Å². The molecule has 0 radical (unpaired) electrons. The molecule has 5 heteroatoms. The third-order valence-electron chi connectivity index (χ3n) is 1.75. The highest BCUT2D eigenvalue weighted by Gasteiger charge is 2.16. The van der Waals surface area contributed by atoms with Crippen LogP contribution in [0, 0.1) is 5.82 Å². The van der Waals surface area contributed by atoms with E-state index in [4.69, 9.17) is 9.84 Å². The molecule has 0 saturated heterocycles. The van der Waals surface area contributed by atoms with Crippen LogP contribution < -0.4 is 4.74 Å². The fourth-order valence-corrected chi connectivity index (χ4v) is 1.09. The van der Waals surface area contributed by atoms with Gasteiger partial charge in [-0.25, -0.2) is 9.18 Å². The zero-order valence-electron chi connectivity index (χ0n) is 8.41. The van der Waals surface area contributed by atoms with Crippen LogP contribution in [-0.2, 0) is 4.74 Å². The second kappa shape index (κ2) is 4.63. The summed E-state index contributed by atoms with van der Waals surface area (Å²) in [7, 11) is 1.19. The zero-order chi connectivity index (χ0) is 11.4. The van der Waals surface area contributed by atoms with Crippen molar-refractivity contribution in [3.8, 4) is 11.5 Å². The van der Waals surface area contributed by atoms with Crippen LogP contribution >= 0.6 is 0 Å². The number of carbonyl (C=O) groups is 1. The van der Waals surface area contributed by atoms with Crippen molar-refractivity contribution < 1.29 is 23.8 Å². The molecule has 82 valence electrons. The van der Waals surface area contributed by atoms with Gasteiger partial charge in [0.15, 0.2) is 11.6 Å². The standard InChI is InChI=1S/C10H11FO4/c1-3-15-9-5-7(11)8(12)4-6(9)10(13)14-2/h4-5,12H,3H2,1-2H3.